The smallest absolute Gasteiger partial charge is 0.0682 e. The SMILES string of the molecule is CN(C)CC1CC(O)CN1Cc1ccc(I)cc1. The number of aliphatic hydroxyl groups is 1. The molecule has 0 aromatic heterocycles. The summed E-state index contributed by atoms with van der Waals surface area (Å²) in [5.74, 6) is 0. The molecule has 2 rings (SSSR count). The lowest BCUT2D eigenvalue weighted by Gasteiger charge is -2.26. The Kier molecular flexibility index (Phi) is 5.00. The summed E-state index contributed by atoms with van der Waals surface area (Å²) in [4.78, 5) is 4.59. The van der Waals surface area contributed by atoms with Crippen molar-refractivity contribution in [1.29, 1.82) is 0 Å². The highest BCUT2D eigenvalue weighted by atomic mass is 127. The van der Waals surface area contributed by atoms with Gasteiger partial charge in [-0.15, -0.1) is 0 Å². The van der Waals surface area contributed by atoms with Gasteiger partial charge in [-0.05, 0) is 60.8 Å². The Hall–Kier alpha value is -0.170. The molecule has 4 heteroatoms. The lowest BCUT2D eigenvalue weighted by molar-refractivity contribution is 0.169. The minimum absolute atomic E-state index is 0.168. The largest absolute Gasteiger partial charge is 0.392 e. The predicted octanol–water partition coefficient (Wildman–Crippen LogP) is 1.79. The van der Waals surface area contributed by atoms with Crippen LogP contribution in [0.2, 0.25) is 0 Å². The third-order valence-electron chi connectivity index (χ3n) is 3.38. The van der Waals surface area contributed by atoms with Gasteiger partial charge in [-0.3, -0.25) is 4.90 Å². The monoisotopic (exact) mass is 360 g/mol. The van der Waals surface area contributed by atoms with Crippen molar-refractivity contribution in [1.82, 2.24) is 9.80 Å². The molecular formula is C14H21IN2O. The quantitative estimate of drug-likeness (QED) is 0.830. The van der Waals surface area contributed by atoms with Gasteiger partial charge in [0.2, 0.25) is 0 Å². The molecule has 2 atom stereocenters. The maximum atomic E-state index is 9.84. The number of hydrogen-bond donors (Lipinski definition) is 1. The van der Waals surface area contributed by atoms with Gasteiger partial charge in [0.05, 0.1) is 6.10 Å². The first-order valence-corrected chi connectivity index (χ1v) is 7.44. The normalized spacial score (nSPS) is 24.9. The van der Waals surface area contributed by atoms with Crippen molar-refractivity contribution in [3.63, 3.8) is 0 Å². The molecule has 3 nitrogen and oxygen atoms in total. The van der Waals surface area contributed by atoms with Gasteiger partial charge >= 0.3 is 0 Å². The summed E-state index contributed by atoms with van der Waals surface area (Å²) in [6.45, 7) is 2.75. The van der Waals surface area contributed by atoms with Crippen LogP contribution in [-0.4, -0.2) is 54.2 Å². The number of aliphatic hydroxyl groups excluding tert-OH is 1. The maximum absolute atomic E-state index is 9.84. The Bertz CT molecular complexity index is 380. The summed E-state index contributed by atoms with van der Waals surface area (Å²) in [5.41, 5.74) is 1.33. The molecule has 0 bridgehead atoms. The van der Waals surface area contributed by atoms with Gasteiger partial charge in [0.1, 0.15) is 0 Å². The minimum Gasteiger partial charge on any atom is -0.392 e. The lowest BCUT2D eigenvalue weighted by atomic mass is 10.1. The summed E-state index contributed by atoms with van der Waals surface area (Å²) in [6.07, 6.45) is 0.724. The Morgan fingerprint density at radius 2 is 2.00 bits per heavy atom. The van der Waals surface area contributed by atoms with Crippen LogP contribution in [0, 0.1) is 3.57 Å². The van der Waals surface area contributed by atoms with E-state index >= 15 is 0 Å². The number of halogens is 1. The zero-order valence-electron chi connectivity index (χ0n) is 11.0. The van der Waals surface area contributed by atoms with Crippen molar-refractivity contribution in [2.75, 3.05) is 27.2 Å². The highest BCUT2D eigenvalue weighted by Gasteiger charge is 2.30. The molecule has 18 heavy (non-hydrogen) atoms. The second-order valence-corrected chi connectivity index (χ2v) is 6.61. The molecular weight excluding hydrogens is 339 g/mol. The summed E-state index contributed by atoms with van der Waals surface area (Å²) in [6, 6.07) is 9.11. The van der Waals surface area contributed by atoms with Crippen LogP contribution in [-0.2, 0) is 6.54 Å². The van der Waals surface area contributed by atoms with Gasteiger partial charge in [-0.25, -0.2) is 0 Å². The maximum Gasteiger partial charge on any atom is 0.0682 e. The number of likely N-dealkylation sites (N-methyl/N-ethyl adjacent to an activating group) is 1. The Morgan fingerprint density at radius 3 is 2.61 bits per heavy atom. The average molecular weight is 360 g/mol. The van der Waals surface area contributed by atoms with E-state index in [1.807, 2.05) is 0 Å². The van der Waals surface area contributed by atoms with Crippen molar-refractivity contribution >= 4 is 22.6 Å². The summed E-state index contributed by atoms with van der Waals surface area (Å²) < 4.78 is 1.27. The first-order valence-electron chi connectivity index (χ1n) is 6.36. The van der Waals surface area contributed by atoms with E-state index in [-0.39, 0.29) is 6.10 Å². The number of likely N-dealkylation sites (tertiary alicyclic amines) is 1. The van der Waals surface area contributed by atoms with Crippen LogP contribution < -0.4 is 0 Å². The first-order chi connectivity index (χ1) is 8.54. The van der Waals surface area contributed by atoms with Gasteiger partial charge in [0.15, 0.2) is 0 Å². The molecule has 1 aliphatic rings. The first kappa shape index (κ1) is 14.2. The molecule has 100 valence electrons. The highest BCUT2D eigenvalue weighted by Crippen LogP contribution is 2.21. The van der Waals surface area contributed by atoms with E-state index in [0.717, 1.165) is 26.1 Å². The fraction of sp³-hybridized carbons (Fsp3) is 0.571. The Morgan fingerprint density at radius 1 is 1.33 bits per heavy atom. The van der Waals surface area contributed by atoms with Gasteiger partial charge in [0, 0.05) is 29.2 Å². The number of hydrogen-bond acceptors (Lipinski definition) is 3. The fourth-order valence-corrected chi connectivity index (χ4v) is 2.95. The molecule has 0 amide bonds. The van der Waals surface area contributed by atoms with Crippen molar-refractivity contribution in [3.05, 3.63) is 33.4 Å². The van der Waals surface area contributed by atoms with Gasteiger partial charge < -0.3 is 10.0 Å². The van der Waals surface area contributed by atoms with E-state index in [0.29, 0.717) is 6.04 Å². The number of rotatable bonds is 4. The van der Waals surface area contributed by atoms with E-state index in [9.17, 15) is 5.11 Å². The van der Waals surface area contributed by atoms with Crippen LogP contribution in [0.5, 0.6) is 0 Å². The van der Waals surface area contributed by atoms with E-state index in [2.05, 4.69) is 70.8 Å². The Balaban J connectivity index is 2.00. The molecule has 2 unspecified atom stereocenters. The molecule has 1 aliphatic heterocycles. The van der Waals surface area contributed by atoms with E-state index in [1.54, 1.807) is 0 Å². The Labute approximate surface area is 123 Å². The molecule has 0 saturated carbocycles. The van der Waals surface area contributed by atoms with Gasteiger partial charge in [0.25, 0.3) is 0 Å². The van der Waals surface area contributed by atoms with E-state index in [1.165, 1.54) is 9.13 Å². The van der Waals surface area contributed by atoms with Gasteiger partial charge in [-0.1, -0.05) is 12.1 Å². The average Bonchev–Trinajstić information content (AvgIpc) is 2.61. The van der Waals surface area contributed by atoms with Crippen LogP contribution in [0.15, 0.2) is 24.3 Å². The molecule has 1 aromatic rings. The molecule has 1 saturated heterocycles. The molecule has 0 aliphatic carbocycles. The standard InChI is InChI=1S/C14H21IN2O/c1-16(2)9-13-7-14(18)10-17(13)8-11-3-5-12(15)6-4-11/h3-6,13-14,18H,7-10H2,1-2H3. The summed E-state index contributed by atoms with van der Waals surface area (Å²) in [7, 11) is 4.18. The molecule has 1 heterocycles. The molecule has 1 aromatic carbocycles. The van der Waals surface area contributed by atoms with Gasteiger partial charge in [-0.2, -0.15) is 0 Å². The molecule has 0 radical (unpaired) electrons. The summed E-state index contributed by atoms with van der Waals surface area (Å²) >= 11 is 2.32. The second-order valence-electron chi connectivity index (χ2n) is 5.36. The number of nitrogens with zero attached hydrogens (tertiary/aromatic N) is 2. The van der Waals surface area contributed by atoms with E-state index in [4.69, 9.17) is 0 Å². The van der Waals surface area contributed by atoms with Crippen LogP contribution in [0.4, 0.5) is 0 Å². The molecule has 1 N–H and O–H groups in total. The minimum atomic E-state index is -0.168. The van der Waals surface area contributed by atoms with Crippen LogP contribution in [0.3, 0.4) is 0 Å². The zero-order chi connectivity index (χ0) is 13.1. The van der Waals surface area contributed by atoms with Crippen molar-refractivity contribution in [2.24, 2.45) is 0 Å². The van der Waals surface area contributed by atoms with E-state index < -0.39 is 0 Å². The van der Waals surface area contributed by atoms with Crippen LogP contribution in [0.1, 0.15) is 12.0 Å². The summed E-state index contributed by atoms with van der Waals surface area (Å²) in [5, 5.41) is 9.84. The predicted molar refractivity (Wildman–Crippen MR) is 82.5 cm³/mol. The van der Waals surface area contributed by atoms with Crippen molar-refractivity contribution < 1.29 is 5.11 Å². The zero-order valence-corrected chi connectivity index (χ0v) is 13.2. The third kappa shape index (κ3) is 3.91. The topological polar surface area (TPSA) is 26.7 Å². The second kappa shape index (κ2) is 6.32. The highest BCUT2D eigenvalue weighted by molar-refractivity contribution is 14.1. The third-order valence-corrected chi connectivity index (χ3v) is 4.10. The fourth-order valence-electron chi connectivity index (χ4n) is 2.59. The number of β-amino-alcohol motifs (C(OH)–C–C–N with tert-alkyl or cyclic N) is 1. The van der Waals surface area contributed by atoms with Crippen LogP contribution >= 0.6 is 22.6 Å². The van der Waals surface area contributed by atoms with Crippen molar-refractivity contribution in [3.8, 4) is 0 Å². The van der Waals surface area contributed by atoms with Crippen LogP contribution in [0.25, 0.3) is 0 Å². The molecule has 0 spiro atoms. The van der Waals surface area contributed by atoms with Crippen molar-refractivity contribution in [2.45, 2.75) is 25.1 Å². The molecule has 1 fully saturated rings. The lowest BCUT2D eigenvalue weighted by Crippen LogP contribution is -2.37. The number of benzene rings is 1.